The number of aliphatic hydroxyl groups is 7. The average Bonchev–Trinajstić information content (AvgIpc) is 2.55. The van der Waals surface area contributed by atoms with Gasteiger partial charge in [0.25, 0.3) is 0 Å². The van der Waals surface area contributed by atoms with Gasteiger partial charge in [0, 0.05) is 5.92 Å². The van der Waals surface area contributed by atoms with Crippen LogP contribution in [0.1, 0.15) is 6.92 Å². The predicted molar refractivity (Wildman–Crippen MR) is 71.8 cm³/mol. The quantitative estimate of drug-likeness (QED) is 0.267. The fourth-order valence-corrected chi connectivity index (χ4v) is 2.78. The maximum atomic E-state index is 10.0. The van der Waals surface area contributed by atoms with Crippen LogP contribution in [0.25, 0.3) is 0 Å². The van der Waals surface area contributed by atoms with Gasteiger partial charge in [0.15, 0.2) is 12.6 Å². The molecule has 10 nitrogen and oxygen atoms in total. The van der Waals surface area contributed by atoms with E-state index in [0.29, 0.717) is 0 Å². The van der Waals surface area contributed by atoms with Crippen molar-refractivity contribution in [3.63, 3.8) is 0 Å². The third-order valence-electron chi connectivity index (χ3n) is 4.37. The lowest BCUT2D eigenvalue weighted by Crippen LogP contribution is -2.63. The van der Waals surface area contributed by atoms with Gasteiger partial charge in [-0.05, 0) is 0 Å². The zero-order chi connectivity index (χ0) is 17.3. The van der Waals surface area contributed by atoms with E-state index in [4.69, 9.17) is 14.2 Å². The molecule has 2 aliphatic heterocycles. The summed E-state index contributed by atoms with van der Waals surface area (Å²) >= 11 is 0. The molecule has 0 radical (unpaired) electrons. The zero-order valence-corrected chi connectivity index (χ0v) is 12.5. The van der Waals surface area contributed by atoms with E-state index in [2.05, 4.69) is 0 Å². The number of rotatable bonds is 4. The molecule has 0 aromatic rings. The van der Waals surface area contributed by atoms with Crippen LogP contribution in [0, 0.1) is 5.92 Å². The Bertz CT molecular complexity index is 378. The summed E-state index contributed by atoms with van der Waals surface area (Å²) < 4.78 is 15.7. The molecule has 23 heavy (non-hydrogen) atoms. The first-order chi connectivity index (χ1) is 10.8. The van der Waals surface area contributed by atoms with Gasteiger partial charge in [-0.1, -0.05) is 6.92 Å². The van der Waals surface area contributed by atoms with Gasteiger partial charge in [0.1, 0.15) is 30.5 Å². The molecule has 2 saturated heterocycles. The molecule has 10 atom stereocenters. The van der Waals surface area contributed by atoms with E-state index in [1.807, 2.05) is 0 Å². The van der Waals surface area contributed by atoms with Gasteiger partial charge in [-0.15, -0.1) is 0 Å². The predicted octanol–water partition coefficient (Wildman–Crippen LogP) is -4.12. The van der Waals surface area contributed by atoms with Gasteiger partial charge in [0.05, 0.1) is 25.4 Å². The Labute approximate surface area is 132 Å². The molecule has 0 amide bonds. The number of aliphatic hydroxyl groups excluding tert-OH is 7. The topological polar surface area (TPSA) is 169 Å². The number of hydrogen-bond donors (Lipinski definition) is 7. The second-order valence-corrected chi connectivity index (χ2v) is 5.90. The molecule has 5 unspecified atom stereocenters. The summed E-state index contributed by atoms with van der Waals surface area (Å²) in [6, 6.07) is 0. The van der Waals surface area contributed by atoms with E-state index in [9.17, 15) is 35.7 Å². The standard InChI is InChI=1S/C13H24O10/c1-4-5(2-14)22-13(10(19)7(4)16)23-11-6(3-15)21-12(20)9(18)8(11)17/h4-20H,2-3H2,1H3/t4-,5?,6?,7+,8-,9?,10?,11-,12?,13-/m0/s1. The monoisotopic (exact) mass is 340 g/mol. The second-order valence-electron chi connectivity index (χ2n) is 5.90. The van der Waals surface area contributed by atoms with Crippen molar-refractivity contribution in [1.82, 2.24) is 0 Å². The van der Waals surface area contributed by atoms with E-state index in [-0.39, 0.29) is 0 Å². The van der Waals surface area contributed by atoms with Crippen molar-refractivity contribution in [2.24, 2.45) is 5.92 Å². The summed E-state index contributed by atoms with van der Waals surface area (Å²) in [6.07, 6.45) is -12.4. The minimum absolute atomic E-state index is 0.417. The molecule has 0 aliphatic carbocycles. The van der Waals surface area contributed by atoms with Gasteiger partial charge in [-0.25, -0.2) is 0 Å². The lowest BCUT2D eigenvalue weighted by Gasteiger charge is -2.45. The van der Waals surface area contributed by atoms with E-state index >= 15 is 0 Å². The van der Waals surface area contributed by atoms with Crippen LogP contribution in [0.5, 0.6) is 0 Å². The van der Waals surface area contributed by atoms with Gasteiger partial charge in [-0.2, -0.15) is 0 Å². The summed E-state index contributed by atoms with van der Waals surface area (Å²) in [6.45, 7) is 0.538. The van der Waals surface area contributed by atoms with E-state index in [1.54, 1.807) is 6.92 Å². The van der Waals surface area contributed by atoms with Crippen LogP contribution >= 0.6 is 0 Å². The third-order valence-corrected chi connectivity index (χ3v) is 4.37. The first kappa shape index (κ1) is 18.9. The lowest BCUT2D eigenvalue weighted by molar-refractivity contribution is -0.350. The maximum absolute atomic E-state index is 10.0. The Balaban J connectivity index is 2.11. The maximum Gasteiger partial charge on any atom is 0.187 e. The molecule has 0 aromatic carbocycles. The highest BCUT2D eigenvalue weighted by molar-refractivity contribution is 4.92. The summed E-state index contributed by atoms with van der Waals surface area (Å²) in [5.41, 5.74) is 0. The van der Waals surface area contributed by atoms with Crippen LogP contribution in [0.3, 0.4) is 0 Å². The van der Waals surface area contributed by atoms with Crippen molar-refractivity contribution >= 4 is 0 Å². The molecule has 0 saturated carbocycles. The Hall–Kier alpha value is -0.400. The second kappa shape index (κ2) is 7.66. The fourth-order valence-electron chi connectivity index (χ4n) is 2.78. The van der Waals surface area contributed by atoms with Crippen LogP contribution in [0.4, 0.5) is 0 Å². The molecule has 2 rings (SSSR count). The summed E-state index contributed by atoms with van der Waals surface area (Å²) in [7, 11) is 0. The minimum Gasteiger partial charge on any atom is -0.394 e. The van der Waals surface area contributed by atoms with Gasteiger partial charge < -0.3 is 50.0 Å². The summed E-state index contributed by atoms with van der Waals surface area (Å²) in [5, 5.41) is 67.6. The van der Waals surface area contributed by atoms with Crippen LogP contribution < -0.4 is 0 Å². The van der Waals surface area contributed by atoms with E-state index < -0.39 is 74.4 Å². The van der Waals surface area contributed by atoms with Crippen molar-refractivity contribution < 1.29 is 50.0 Å². The minimum atomic E-state index is -1.70. The number of ether oxygens (including phenoxy) is 3. The van der Waals surface area contributed by atoms with Crippen LogP contribution in [0.15, 0.2) is 0 Å². The normalized spacial score (nSPS) is 51.7. The lowest BCUT2D eigenvalue weighted by atomic mass is 9.91. The van der Waals surface area contributed by atoms with Gasteiger partial charge in [0.2, 0.25) is 0 Å². The third kappa shape index (κ3) is 3.66. The molecule has 2 aliphatic rings. The highest BCUT2D eigenvalue weighted by atomic mass is 16.7. The molecular weight excluding hydrogens is 316 g/mol. The summed E-state index contributed by atoms with van der Waals surface area (Å²) in [4.78, 5) is 0. The average molecular weight is 340 g/mol. The van der Waals surface area contributed by atoms with Crippen molar-refractivity contribution in [3.8, 4) is 0 Å². The highest BCUT2D eigenvalue weighted by Gasteiger charge is 2.49. The van der Waals surface area contributed by atoms with Crippen LogP contribution in [-0.2, 0) is 14.2 Å². The SMILES string of the molecule is C[C@H]1C(CO)O[C@@H](O[C@H]2C(CO)OC(O)C(O)[C@@H]2O)C(O)[C@@H]1O. The van der Waals surface area contributed by atoms with Crippen molar-refractivity contribution in [2.75, 3.05) is 13.2 Å². The van der Waals surface area contributed by atoms with Crippen LogP contribution in [0.2, 0.25) is 0 Å². The van der Waals surface area contributed by atoms with Crippen molar-refractivity contribution in [3.05, 3.63) is 0 Å². The molecule has 0 spiro atoms. The number of hydrogen-bond acceptors (Lipinski definition) is 10. The van der Waals surface area contributed by atoms with Gasteiger partial charge in [-0.3, -0.25) is 0 Å². The first-order valence-corrected chi connectivity index (χ1v) is 7.40. The smallest absolute Gasteiger partial charge is 0.187 e. The summed E-state index contributed by atoms with van der Waals surface area (Å²) in [5.74, 6) is -0.552. The molecule has 7 N–H and O–H groups in total. The molecule has 136 valence electrons. The Kier molecular flexibility index (Phi) is 6.30. The van der Waals surface area contributed by atoms with Gasteiger partial charge >= 0.3 is 0 Å². The molecule has 2 fully saturated rings. The fraction of sp³-hybridized carbons (Fsp3) is 1.00. The Morgan fingerprint density at radius 1 is 0.783 bits per heavy atom. The first-order valence-electron chi connectivity index (χ1n) is 7.40. The Morgan fingerprint density at radius 3 is 1.96 bits per heavy atom. The molecular formula is C13H24O10. The van der Waals surface area contributed by atoms with Crippen molar-refractivity contribution in [1.29, 1.82) is 0 Å². The van der Waals surface area contributed by atoms with Crippen LogP contribution in [-0.4, -0.2) is 104 Å². The molecule has 10 heteroatoms. The molecule has 0 aromatic heterocycles. The zero-order valence-electron chi connectivity index (χ0n) is 12.5. The highest BCUT2D eigenvalue weighted by Crippen LogP contribution is 2.30. The van der Waals surface area contributed by atoms with E-state index in [1.165, 1.54) is 0 Å². The molecule has 0 bridgehead atoms. The van der Waals surface area contributed by atoms with Crippen molar-refractivity contribution in [2.45, 2.75) is 62.2 Å². The largest absolute Gasteiger partial charge is 0.394 e. The molecule has 2 heterocycles. The van der Waals surface area contributed by atoms with E-state index in [0.717, 1.165) is 0 Å². The Morgan fingerprint density at radius 2 is 1.39 bits per heavy atom.